The molecule has 2 unspecified atom stereocenters. The van der Waals surface area contributed by atoms with E-state index in [4.69, 9.17) is 0 Å². The monoisotopic (exact) mass is 697 g/mol. The summed E-state index contributed by atoms with van der Waals surface area (Å²) in [4.78, 5) is 0. The molecule has 0 aliphatic heterocycles. The van der Waals surface area contributed by atoms with Gasteiger partial charge in [-0.2, -0.15) is 0 Å². The number of aryl methyl sites for hydroxylation is 1. The van der Waals surface area contributed by atoms with Gasteiger partial charge < -0.3 is 0 Å². The number of hydrogen-bond acceptors (Lipinski definition) is 0. The molecule has 0 aromatic heterocycles. The maximum absolute atomic E-state index is 2.55. The van der Waals surface area contributed by atoms with Crippen molar-refractivity contribution in [2.24, 2.45) is 11.3 Å². The molecule has 0 bridgehead atoms. The molecule has 50 heavy (non-hydrogen) atoms. The van der Waals surface area contributed by atoms with Crippen LogP contribution in [-0.2, 0) is 6.42 Å². The first-order valence-electron chi connectivity index (χ1n) is 22.5. The van der Waals surface area contributed by atoms with Gasteiger partial charge in [0.25, 0.3) is 0 Å². The summed E-state index contributed by atoms with van der Waals surface area (Å²) in [7, 11) is 0. The zero-order valence-electron chi connectivity index (χ0n) is 37.1. The SMILES string of the molecule is CC.CC.CC.CCCCCCCCCCCC.CCCCCCCCCCCC(C)(CCC)C(C)Cc1ccccc1.Cc1ccccc1. The third kappa shape index (κ3) is 39.2. The number of unbranched alkanes of at least 4 members (excludes halogenated alkanes) is 17. The summed E-state index contributed by atoms with van der Waals surface area (Å²) < 4.78 is 0. The van der Waals surface area contributed by atoms with Crippen molar-refractivity contribution < 1.29 is 0 Å². The predicted molar refractivity (Wildman–Crippen MR) is 237 cm³/mol. The Bertz CT molecular complexity index is 783. The second kappa shape index (κ2) is 47.4. The Kier molecular flexibility index (Phi) is 52.4. The van der Waals surface area contributed by atoms with E-state index in [0.717, 1.165) is 5.92 Å². The lowest BCUT2D eigenvalue weighted by molar-refractivity contribution is 0.158. The first kappa shape index (κ1) is 55.2. The Morgan fingerprint density at radius 2 is 0.740 bits per heavy atom. The van der Waals surface area contributed by atoms with Crippen LogP contribution in [0.4, 0.5) is 0 Å². The van der Waals surface area contributed by atoms with Crippen LogP contribution in [0.2, 0.25) is 0 Å². The van der Waals surface area contributed by atoms with Crippen LogP contribution in [0.15, 0.2) is 60.7 Å². The minimum Gasteiger partial charge on any atom is -0.0683 e. The van der Waals surface area contributed by atoms with E-state index < -0.39 is 0 Å². The fraction of sp³-hybridized carbons (Fsp3) is 0.760. The molecule has 0 aliphatic rings. The molecule has 2 aromatic carbocycles. The van der Waals surface area contributed by atoms with Gasteiger partial charge >= 0.3 is 0 Å². The predicted octanol–water partition coefficient (Wildman–Crippen LogP) is 18.6. The van der Waals surface area contributed by atoms with Crippen molar-refractivity contribution in [1.29, 1.82) is 0 Å². The molecule has 0 saturated heterocycles. The van der Waals surface area contributed by atoms with Crippen molar-refractivity contribution in [3.8, 4) is 0 Å². The largest absolute Gasteiger partial charge is 0.0683 e. The van der Waals surface area contributed by atoms with Gasteiger partial charge in [-0.25, -0.2) is 0 Å². The van der Waals surface area contributed by atoms with Crippen molar-refractivity contribution in [2.75, 3.05) is 0 Å². The second-order valence-electron chi connectivity index (χ2n) is 14.1. The molecule has 0 N–H and O–H groups in total. The van der Waals surface area contributed by atoms with Crippen LogP contribution in [-0.4, -0.2) is 0 Å². The van der Waals surface area contributed by atoms with Gasteiger partial charge in [-0.05, 0) is 43.1 Å². The van der Waals surface area contributed by atoms with Gasteiger partial charge in [0.1, 0.15) is 0 Å². The van der Waals surface area contributed by atoms with E-state index in [9.17, 15) is 0 Å². The van der Waals surface area contributed by atoms with Gasteiger partial charge in [-0.15, -0.1) is 0 Å². The van der Waals surface area contributed by atoms with Gasteiger partial charge in [0.05, 0.1) is 0 Å². The van der Waals surface area contributed by atoms with E-state index in [1.165, 1.54) is 159 Å². The summed E-state index contributed by atoms with van der Waals surface area (Å²) in [5.41, 5.74) is 3.33. The molecule has 0 saturated carbocycles. The molecule has 0 aliphatic carbocycles. The molecule has 0 heterocycles. The van der Waals surface area contributed by atoms with Crippen LogP contribution in [0.3, 0.4) is 0 Å². The van der Waals surface area contributed by atoms with Crippen LogP contribution in [0.1, 0.15) is 235 Å². The molecular formula is C50H96. The lowest BCUT2D eigenvalue weighted by Crippen LogP contribution is -2.27. The molecule has 0 radical (unpaired) electrons. The normalized spacial score (nSPS) is 11.6. The Morgan fingerprint density at radius 3 is 1.04 bits per heavy atom. The molecule has 0 spiro atoms. The Morgan fingerprint density at radius 1 is 0.420 bits per heavy atom. The lowest BCUT2D eigenvalue weighted by Gasteiger charge is -2.36. The molecule has 2 atom stereocenters. The third-order valence-electron chi connectivity index (χ3n) is 9.64. The van der Waals surface area contributed by atoms with E-state index in [0.29, 0.717) is 5.41 Å². The Balaban J connectivity index is -0.000000348. The molecular weight excluding hydrogens is 601 g/mol. The van der Waals surface area contributed by atoms with E-state index in [1.54, 1.807) is 0 Å². The molecule has 0 heteroatoms. The van der Waals surface area contributed by atoms with Crippen molar-refractivity contribution in [3.63, 3.8) is 0 Å². The second-order valence-corrected chi connectivity index (χ2v) is 14.1. The molecule has 0 nitrogen and oxygen atoms in total. The first-order valence-corrected chi connectivity index (χ1v) is 22.5. The van der Waals surface area contributed by atoms with Gasteiger partial charge in [-0.1, -0.05) is 278 Å². The maximum Gasteiger partial charge on any atom is -0.0248 e. The summed E-state index contributed by atoms with van der Waals surface area (Å²) in [5, 5.41) is 0. The molecule has 0 amide bonds. The van der Waals surface area contributed by atoms with Gasteiger partial charge in [-0.3, -0.25) is 0 Å². The Hall–Kier alpha value is -1.56. The summed E-state index contributed by atoms with van der Waals surface area (Å²) in [6.07, 6.45) is 32.7. The zero-order valence-corrected chi connectivity index (χ0v) is 37.1. The highest BCUT2D eigenvalue weighted by Gasteiger charge is 2.29. The summed E-state index contributed by atoms with van der Waals surface area (Å²) in [5.74, 6) is 0.767. The van der Waals surface area contributed by atoms with E-state index >= 15 is 0 Å². The van der Waals surface area contributed by atoms with Gasteiger partial charge in [0.2, 0.25) is 0 Å². The van der Waals surface area contributed by atoms with Crippen LogP contribution in [0, 0.1) is 18.3 Å². The van der Waals surface area contributed by atoms with E-state index in [1.807, 2.05) is 59.7 Å². The first-order chi connectivity index (χ1) is 24.4. The fourth-order valence-electron chi connectivity index (χ4n) is 6.34. The maximum atomic E-state index is 2.55. The standard InChI is InChI=1S/C25H44.C12H26.C7H8.3C2H6/c1-5-7-8-9-10-11-12-13-17-21-25(4,20-6-2)23(3)22-24-18-15-14-16-19-24;1-3-5-7-9-11-12-10-8-6-4-2;1-7-5-3-2-4-6-7;3*1-2/h14-16,18-19,23H,5-13,17,20-22H2,1-4H3;3-12H2,1-2H3;2-6H,1H3;3*1-2H3. The van der Waals surface area contributed by atoms with Crippen LogP contribution in [0.5, 0.6) is 0 Å². The lowest BCUT2D eigenvalue weighted by atomic mass is 9.69. The summed E-state index contributed by atoms with van der Waals surface area (Å²) in [6.45, 7) is 28.3. The van der Waals surface area contributed by atoms with Crippen LogP contribution < -0.4 is 0 Å². The highest BCUT2D eigenvalue weighted by Crippen LogP contribution is 2.39. The number of hydrogen-bond donors (Lipinski definition) is 0. The molecule has 2 rings (SSSR count). The highest BCUT2D eigenvalue weighted by molar-refractivity contribution is 5.15. The molecule has 2 aromatic rings. The zero-order chi connectivity index (χ0) is 38.6. The van der Waals surface area contributed by atoms with Crippen LogP contribution in [0.25, 0.3) is 0 Å². The fourth-order valence-corrected chi connectivity index (χ4v) is 6.34. The van der Waals surface area contributed by atoms with Crippen molar-refractivity contribution >= 4 is 0 Å². The highest BCUT2D eigenvalue weighted by atomic mass is 14.3. The topological polar surface area (TPSA) is 0 Å². The third-order valence-corrected chi connectivity index (χ3v) is 9.64. The molecule has 296 valence electrons. The van der Waals surface area contributed by atoms with Gasteiger partial charge in [0.15, 0.2) is 0 Å². The average Bonchev–Trinajstić information content (AvgIpc) is 3.16. The van der Waals surface area contributed by atoms with Crippen molar-refractivity contribution in [1.82, 2.24) is 0 Å². The minimum atomic E-state index is 0.506. The van der Waals surface area contributed by atoms with Gasteiger partial charge in [0, 0.05) is 0 Å². The van der Waals surface area contributed by atoms with Crippen molar-refractivity contribution in [3.05, 3.63) is 71.8 Å². The smallest absolute Gasteiger partial charge is 0.0248 e. The quantitative estimate of drug-likeness (QED) is 0.0959. The van der Waals surface area contributed by atoms with Crippen LogP contribution >= 0.6 is 0 Å². The van der Waals surface area contributed by atoms with E-state index in [2.05, 4.69) is 90.9 Å². The molecule has 0 fully saturated rings. The van der Waals surface area contributed by atoms with Crippen molar-refractivity contribution in [2.45, 2.75) is 238 Å². The summed E-state index contributed by atoms with van der Waals surface area (Å²) in [6, 6.07) is 21.3. The van der Waals surface area contributed by atoms with E-state index in [-0.39, 0.29) is 0 Å². The average molecular weight is 697 g/mol. The minimum absolute atomic E-state index is 0.506. The Labute approximate surface area is 319 Å². The summed E-state index contributed by atoms with van der Waals surface area (Å²) >= 11 is 0. The number of benzene rings is 2. The number of rotatable bonds is 24.